The lowest BCUT2D eigenvalue weighted by Crippen LogP contribution is -2.45. The van der Waals surface area contributed by atoms with E-state index < -0.39 is 12.0 Å². The van der Waals surface area contributed by atoms with Gasteiger partial charge in [0.2, 0.25) is 11.8 Å². The molecule has 2 aliphatic rings. The minimum atomic E-state index is -0.505. The van der Waals surface area contributed by atoms with Gasteiger partial charge in [0.05, 0.1) is 30.5 Å². The number of hydrogen-bond acceptors (Lipinski definition) is 5. The number of carbonyl (C=O) groups excluding carboxylic acids is 3. The highest BCUT2D eigenvalue weighted by atomic mass is 16.5. The summed E-state index contributed by atoms with van der Waals surface area (Å²) in [7, 11) is 0. The molecule has 1 fully saturated rings. The van der Waals surface area contributed by atoms with Gasteiger partial charge in [-0.05, 0) is 56.1 Å². The molecular weight excluding hydrogens is 492 g/mol. The van der Waals surface area contributed by atoms with Crippen molar-refractivity contribution in [3.63, 3.8) is 0 Å². The van der Waals surface area contributed by atoms with Crippen molar-refractivity contribution in [3.8, 4) is 0 Å². The quantitative estimate of drug-likeness (QED) is 0.398. The zero-order valence-electron chi connectivity index (χ0n) is 22.5. The number of fused-ring (bicyclic) bond motifs is 1. The molecule has 7 heteroatoms. The molecule has 2 aliphatic heterocycles. The molecule has 4 rings (SSSR count). The molecule has 0 aliphatic carbocycles. The van der Waals surface area contributed by atoms with Gasteiger partial charge >= 0.3 is 5.97 Å². The molecule has 2 aromatic carbocycles. The number of amides is 2. The average Bonchev–Trinajstić information content (AvgIpc) is 3.43. The maximum absolute atomic E-state index is 13.6. The van der Waals surface area contributed by atoms with E-state index >= 15 is 0 Å². The number of allylic oxidation sites excluding steroid dienone is 2. The summed E-state index contributed by atoms with van der Waals surface area (Å²) in [6, 6.07) is 19.1. The van der Waals surface area contributed by atoms with Crippen LogP contribution >= 0.6 is 0 Å². The number of aliphatic hydroxyl groups is 1. The molecule has 2 amide bonds. The fraction of sp³-hybridized carbons (Fsp3) is 0.469. The first-order valence-electron chi connectivity index (χ1n) is 14.1. The minimum absolute atomic E-state index is 0.0497. The second-order valence-electron chi connectivity index (χ2n) is 10.7. The second-order valence-corrected chi connectivity index (χ2v) is 10.7. The summed E-state index contributed by atoms with van der Waals surface area (Å²) in [6.07, 6.45) is 8.60. The van der Waals surface area contributed by atoms with Crippen LogP contribution in [0, 0.1) is 11.8 Å². The van der Waals surface area contributed by atoms with Crippen molar-refractivity contribution in [3.05, 3.63) is 83.9 Å². The van der Waals surface area contributed by atoms with Gasteiger partial charge in [0.15, 0.2) is 0 Å². The number of nitrogens with zero attached hydrogens (tertiary/aromatic N) is 1. The minimum Gasteiger partial charge on any atom is -0.463 e. The van der Waals surface area contributed by atoms with Gasteiger partial charge in [0, 0.05) is 13.0 Å². The first kappa shape index (κ1) is 28.6. The van der Waals surface area contributed by atoms with Gasteiger partial charge in [-0.25, -0.2) is 0 Å². The van der Waals surface area contributed by atoms with Crippen molar-refractivity contribution in [1.29, 1.82) is 0 Å². The van der Waals surface area contributed by atoms with E-state index in [-0.39, 0.29) is 49.4 Å². The van der Waals surface area contributed by atoms with E-state index in [4.69, 9.17) is 4.74 Å². The Bertz CT molecular complexity index is 1100. The van der Waals surface area contributed by atoms with E-state index in [9.17, 15) is 19.5 Å². The Hall–Kier alpha value is -3.45. The summed E-state index contributed by atoms with van der Waals surface area (Å²) >= 11 is 0. The third-order valence-electron chi connectivity index (χ3n) is 7.70. The number of cyclic esters (lactones) is 1. The third-order valence-corrected chi connectivity index (χ3v) is 7.70. The predicted octanol–water partition coefficient (Wildman–Crippen LogP) is 3.85. The van der Waals surface area contributed by atoms with E-state index in [0.29, 0.717) is 38.6 Å². The van der Waals surface area contributed by atoms with Gasteiger partial charge in [-0.1, -0.05) is 72.8 Å². The molecule has 0 saturated carbocycles. The first-order valence-corrected chi connectivity index (χ1v) is 14.1. The maximum Gasteiger partial charge on any atom is 0.309 e. The zero-order valence-corrected chi connectivity index (χ0v) is 22.5. The fourth-order valence-corrected chi connectivity index (χ4v) is 5.55. The van der Waals surface area contributed by atoms with E-state index in [1.54, 1.807) is 4.90 Å². The number of esters is 1. The summed E-state index contributed by atoms with van der Waals surface area (Å²) in [6.45, 7) is 0.609. The normalized spacial score (nSPS) is 23.1. The summed E-state index contributed by atoms with van der Waals surface area (Å²) in [5.41, 5.74) is 2.13. The smallest absolute Gasteiger partial charge is 0.309 e. The molecule has 2 heterocycles. The average molecular weight is 533 g/mol. The van der Waals surface area contributed by atoms with Crippen LogP contribution in [0.25, 0.3) is 0 Å². The van der Waals surface area contributed by atoms with Crippen molar-refractivity contribution in [2.45, 2.75) is 63.5 Å². The van der Waals surface area contributed by atoms with Crippen LogP contribution in [-0.2, 0) is 32.0 Å². The van der Waals surface area contributed by atoms with Gasteiger partial charge in [-0.15, -0.1) is 0 Å². The molecule has 0 spiro atoms. The number of ether oxygens (including phenoxy) is 1. The molecule has 1 saturated heterocycles. The number of nitrogens with one attached hydrogen (secondary N) is 1. The van der Waals surface area contributed by atoms with Gasteiger partial charge < -0.3 is 20.1 Å². The van der Waals surface area contributed by atoms with Crippen LogP contribution in [0.3, 0.4) is 0 Å². The molecule has 4 atom stereocenters. The molecule has 0 aromatic heterocycles. The van der Waals surface area contributed by atoms with Crippen LogP contribution in [0.1, 0.15) is 49.7 Å². The number of carbonyl (C=O) groups is 3. The van der Waals surface area contributed by atoms with Crippen molar-refractivity contribution in [2.75, 3.05) is 19.8 Å². The molecule has 7 nitrogen and oxygen atoms in total. The highest BCUT2D eigenvalue weighted by Gasteiger charge is 2.35. The standard InChI is InChI=1S/C32H40N2O5/c35-22-28(20-25-13-6-2-7-14-25)33-30(36)21-26-15-8-3-9-16-27(19-24-11-4-1-5-12-24)32(38)39-23-29-17-10-18-34(29)31(26)37/h1-8,11-14,26-29,35H,9-10,15-23H2,(H,33,36)/t26-,27-,28-,29+/m1/s1. The van der Waals surface area contributed by atoms with Gasteiger partial charge in [0.25, 0.3) is 0 Å². The molecule has 208 valence electrons. The summed E-state index contributed by atoms with van der Waals surface area (Å²) in [4.78, 5) is 41.5. The van der Waals surface area contributed by atoms with Crippen LogP contribution < -0.4 is 5.32 Å². The molecule has 0 bridgehead atoms. The second kappa shape index (κ2) is 14.6. The Morgan fingerprint density at radius 2 is 1.69 bits per heavy atom. The van der Waals surface area contributed by atoms with Crippen LogP contribution in [0.5, 0.6) is 0 Å². The van der Waals surface area contributed by atoms with Gasteiger partial charge in [-0.2, -0.15) is 0 Å². The van der Waals surface area contributed by atoms with Crippen molar-refractivity contribution < 1.29 is 24.2 Å². The molecular formula is C32H40N2O5. The number of rotatable bonds is 8. The lowest BCUT2D eigenvalue weighted by atomic mass is 9.94. The Morgan fingerprint density at radius 3 is 2.41 bits per heavy atom. The van der Waals surface area contributed by atoms with Crippen molar-refractivity contribution in [1.82, 2.24) is 10.2 Å². The largest absolute Gasteiger partial charge is 0.463 e. The van der Waals surface area contributed by atoms with E-state index in [2.05, 4.69) is 5.32 Å². The summed E-state index contributed by atoms with van der Waals surface area (Å²) in [5.74, 6) is -1.28. The zero-order chi connectivity index (χ0) is 27.5. The molecule has 2 N–H and O–H groups in total. The highest BCUT2D eigenvalue weighted by molar-refractivity contribution is 5.86. The Balaban J connectivity index is 1.42. The number of benzene rings is 2. The number of aliphatic hydroxyl groups excluding tert-OH is 1. The Kier molecular flexibility index (Phi) is 10.7. The molecule has 0 unspecified atom stereocenters. The van der Waals surface area contributed by atoms with Gasteiger partial charge in [0.1, 0.15) is 6.61 Å². The molecule has 0 radical (unpaired) electrons. The fourth-order valence-electron chi connectivity index (χ4n) is 5.55. The number of hydrogen-bond donors (Lipinski definition) is 2. The van der Waals surface area contributed by atoms with E-state index in [1.807, 2.05) is 72.8 Å². The summed E-state index contributed by atoms with van der Waals surface area (Å²) < 4.78 is 5.78. The monoisotopic (exact) mass is 532 g/mol. The van der Waals surface area contributed by atoms with E-state index in [1.165, 1.54) is 0 Å². The van der Waals surface area contributed by atoms with Crippen molar-refractivity contribution >= 4 is 17.8 Å². The SMILES string of the molecule is O=C(C[C@H]1CC=CCC[C@H](Cc2ccccc2)C(=O)OC[C@@H]2CCCN2C1=O)N[C@@H](CO)Cc1ccccc1. The Labute approximate surface area is 231 Å². The third kappa shape index (κ3) is 8.52. The van der Waals surface area contributed by atoms with E-state index in [0.717, 1.165) is 24.0 Å². The lowest BCUT2D eigenvalue weighted by molar-refractivity contribution is -0.152. The van der Waals surface area contributed by atoms with Crippen LogP contribution in [0.2, 0.25) is 0 Å². The maximum atomic E-state index is 13.6. The van der Waals surface area contributed by atoms with Crippen molar-refractivity contribution in [2.24, 2.45) is 11.8 Å². The van der Waals surface area contributed by atoms with Gasteiger partial charge in [-0.3, -0.25) is 14.4 Å². The molecule has 2 aromatic rings. The lowest BCUT2D eigenvalue weighted by Gasteiger charge is -2.29. The topological polar surface area (TPSA) is 95.9 Å². The predicted molar refractivity (Wildman–Crippen MR) is 150 cm³/mol. The highest BCUT2D eigenvalue weighted by Crippen LogP contribution is 2.25. The first-order chi connectivity index (χ1) is 19.0. The Morgan fingerprint density at radius 1 is 0.974 bits per heavy atom. The molecule has 39 heavy (non-hydrogen) atoms. The van der Waals surface area contributed by atoms with Crippen LogP contribution in [0.4, 0.5) is 0 Å². The van der Waals surface area contributed by atoms with Crippen LogP contribution in [0.15, 0.2) is 72.8 Å². The van der Waals surface area contributed by atoms with Crippen LogP contribution in [-0.4, -0.2) is 59.6 Å². The summed E-state index contributed by atoms with van der Waals surface area (Å²) in [5, 5.41) is 12.8.